The first kappa shape index (κ1) is 18.8. The lowest BCUT2D eigenvalue weighted by Gasteiger charge is -2.30. The Bertz CT molecular complexity index is 921. The van der Waals surface area contributed by atoms with Crippen molar-refractivity contribution in [2.45, 2.75) is 32.4 Å². The van der Waals surface area contributed by atoms with Gasteiger partial charge in [0.05, 0.1) is 17.9 Å². The van der Waals surface area contributed by atoms with Gasteiger partial charge in [0.25, 0.3) is 0 Å². The second kappa shape index (κ2) is 7.81. The van der Waals surface area contributed by atoms with Crippen LogP contribution in [0.5, 0.6) is 5.75 Å². The van der Waals surface area contributed by atoms with Crippen LogP contribution in [-0.2, 0) is 6.54 Å². The second-order valence-electron chi connectivity index (χ2n) is 6.99. The summed E-state index contributed by atoms with van der Waals surface area (Å²) < 4.78 is 20.0. The number of primary amides is 1. The molecule has 8 heteroatoms. The Balaban J connectivity index is 1.67. The Hall–Kier alpha value is -2.58. The fourth-order valence-corrected chi connectivity index (χ4v) is 4.48. The van der Waals surface area contributed by atoms with Gasteiger partial charge in [-0.3, -0.25) is 4.90 Å². The van der Waals surface area contributed by atoms with Crippen molar-refractivity contribution in [1.82, 2.24) is 10.2 Å². The number of hydrogen-bond acceptors (Lipinski definition) is 5. The highest BCUT2D eigenvalue weighted by molar-refractivity contribution is 7.10. The highest BCUT2D eigenvalue weighted by Gasteiger charge is 2.27. The minimum Gasteiger partial charge on any atom is -0.487 e. The Morgan fingerprint density at radius 3 is 3.04 bits per heavy atom. The molecule has 1 atom stereocenters. The number of anilines is 1. The number of nitrogens with zero attached hydrogens (tertiary/aromatic N) is 1. The molecular weight excluding hydrogens is 379 g/mol. The van der Waals surface area contributed by atoms with E-state index in [1.165, 1.54) is 17.0 Å². The van der Waals surface area contributed by atoms with Crippen LogP contribution in [-0.4, -0.2) is 30.1 Å². The predicted octanol–water partition coefficient (Wildman–Crippen LogP) is 3.71. The maximum absolute atomic E-state index is 13.9. The summed E-state index contributed by atoms with van der Waals surface area (Å²) in [5, 5.41) is 8.65. The summed E-state index contributed by atoms with van der Waals surface area (Å²) >= 11 is 1.57. The van der Waals surface area contributed by atoms with Crippen LogP contribution in [0.2, 0.25) is 0 Å². The molecule has 0 radical (unpaired) electrons. The molecule has 1 aromatic carbocycles. The summed E-state index contributed by atoms with van der Waals surface area (Å²) in [5.74, 6) is 0.107. The molecule has 0 spiro atoms. The molecule has 2 aliphatic heterocycles. The van der Waals surface area contributed by atoms with Gasteiger partial charge in [-0.2, -0.15) is 0 Å². The number of hydrogen-bond donors (Lipinski definition) is 3. The quantitative estimate of drug-likeness (QED) is 0.728. The van der Waals surface area contributed by atoms with Crippen molar-refractivity contribution in [2.24, 2.45) is 5.73 Å². The number of nitrogens with one attached hydrogen (secondary N) is 2. The van der Waals surface area contributed by atoms with Crippen molar-refractivity contribution >= 4 is 28.8 Å². The molecule has 0 unspecified atom stereocenters. The number of fused-ring (bicyclic) bond motifs is 1. The third-order valence-electron chi connectivity index (χ3n) is 5.10. The number of carbonyl (C=O) groups excluding carboxylic acids is 1. The maximum Gasteiger partial charge on any atom is 0.319 e. The van der Waals surface area contributed by atoms with Crippen LogP contribution >= 0.6 is 11.3 Å². The number of carbonyl (C=O) groups is 1. The molecule has 1 fully saturated rings. The van der Waals surface area contributed by atoms with Crippen molar-refractivity contribution in [3.63, 3.8) is 0 Å². The van der Waals surface area contributed by atoms with Gasteiger partial charge in [-0.05, 0) is 49.9 Å². The molecule has 4 rings (SSSR count). The predicted molar refractivity (Wildman–Crippen MR) is 109 cm³/mol. The molecule has 0 aliphatic carbocycles. The van der Waals surface area contributed by atoms with E-state index in [1.54, 1.807) is 17.4 Å². The van der Waals surface area contributed by atoms with Crippen LogP contribution < -0.4 is 21.1 Å². The number of rotatable bonds is 4. The molecule has 2 aliphatic rings. The molecule has 2 aromatic rings. The van der Waals surface area contributed by atoms with Crippen molar-refractivity contribution in [3.8, 4) is 5.75 Å². The largest absolute Gasteiger partial charge is 0.487 e. The first-order valence-corrected chi connectivity index (χ1v) is 10.2. The highest BCUT2D eigenvalue weighted by atomic mass is 32.1. The molecule has 2 amide bonds. The van der Waals surface area contributed by atoms with E-state index in [9.17, 15) is 9.18 Å². The lowest BCUT2D eigenvalue weighted by molar-refractivity contribution is 0.167. The van der Waals surface area contributed by atoms with Crippen LogP contribution in [0, 0.1) is 5.82 Å². The zero-order valence-corrected chi connectivity index (χ0v) is 16.4. The average molecular weight is 402 g/mol. The Morgan fingerprint density at radius 1 is 1.43 bits per heavy atom. The Morgan fingerprint density at radius 2 is 2.29 bits per heavy atom. The van der Waals surface area contributed by atoms with E-state index in [0.29, 0.717) is 18.0 Å². The van der Waals surface area contributed by atoms with Crippen LogP contribution in [0.15, 0.2) is 35.3 Å². The first-order valence-electron chi connectivity index (χ1n) is 9.31. The number of urea groups is 1. The van der Waals surface area contributed by atoms with Crippen molar-refractivity contribution in [2.75, 3.05) is 18.4 Å². The monoisotopic (exact) mass is 402 g/mol. The topological polar surface area (TPSA) is 79.6 Å². The van der Waals surface area contributed by atoms with E-state index in [2.05, 4.69) is 10.6 Å². The third-order valence-corrected chi connectivity index (χ3v) is 6.00. The first-order chi connectivity index (χ1) is 13.5. The third kappa shape index (κ3) is 3.70. The van der Waals surface area contributed by atoms with E-state index in [-0.39, 0.29) is 11.9 Å². The number of amides is 2. The number of piperidine rings is 1. The van der Waals surface area contributed by atoms with Crippen LogP contribution in [0.4, 0.5) is 14.9 Å². The number of ether oxygens (including phenoxy) is 1. The van der Waals surface area contributed by atoms with Crippen molar-refractivity contribution in [1.29, 1.82) is 0 Å². The number of thiophene rings is 1. The molecule has 0 saturated carbocycles. The van der Waals surface area contributed by atoms with Gasteiger partial charge in [0.1, 0.15) is 17.7 Å². The van der Waals surface area contributed by atoms with E-state index in [0.717, 1.165) is 47.8 Å². The molecule has 6 nitrogen and oxygen atoms in total. The standard InChI is InChI=1S/C20H23FN4O2S/c1-12-19(15-6-8-28-18(15)11-25(12)20(22)26)24-16-5-4-13(21)9-17(16)27-14-3-2-7-23-10-14/h4-6,8-9,14,23-24H,2-3,7,10-11H2,1H3,(H2,22,26)/t14-/m1/s1. The summed E-state index contributed by atoms with van der Waals surface area (Å²) in [6.45, 7) is 4.02. The van der Waals surface area contributed by atoms with E-state index in [4.69, 9.17) is 10.5 Å². The zero-order chi connectivity index (χ0) is 19.7. The SMILES string of the molecule is CC1=C(Nc2ccc(F)cc2O[C@@H]2CCCNC2)c2ccsc2CN1C(N)=O. The maximum atomic E-state index is 13.9. The summed E-state index contributed by atoms with van der Waals surface area (Å²) in [6.07, 6.45) is 1.95. The Kier molecular flexibility index (Phi) is 5.23. The molecule has 28 heavy (non-hydrogen) atoms. The molecule has 4 N–H and O–H groups in total. The van der Waals surface area contributed by atoms with E-state index < -0.39 is 6.03 Å². The lowest BCUT2D eigenvalue weighted by Crippen LogP contribution is -2.37. The van der Waals surface area contributed by atoms with Gasteiger partial charge in [-0.15, -0.1) is 11.3 Å². The fraction of sp³-hybridized carbons (Fsp3) is 0.350. The van der Waals surface area contributed by atoms with Gasteiger partial charge < -0.3 is 21.1 Å². The van der Waals surface area contributed by atoms with Crippen molar-refractivity contribution < 1.29 is 13.9 Å². The number of allylic oxidation sites excluding steroid dienone is 1. The molecule has 0 bridgehead atoms. The average Bonchev–Trinajstić information content (AvgIpc) is 3.14. The van der Waals surface area contributed by atoms with Gasteiger partial charge in [0.2, 0.25) is 0 Å². The van der Waals surface area contributed by atoms with Gasteiger partial charge in [0, 0.05) is 28.7 Å². The minimum atomic E-state index is -0.500. The van der Waals surface area contributed by atoms with E-state index in [1.807, 2.05) is 18.4 Å². The van der Waals surface area contributed by atoms with Crippen LogP contribution in [0.3, 0.4) is 0 Å². The summed E-state index contributed by atoms with van der Waals surface area (Å²) in [5.41, 5.74) is 8.75. The molecule has 1 saturated heterocycles. The molecule has 1 aromatic heterocycles. The smallest absolute Gasteiger partial charge is 0.319 e. The summed E-state index contributed by atoms with van der Waals surface area (Å²) in [4.78, 5) is 14.5. The van der Waals surface area contributed by atoms with Crippen molar-refractivity contribution in [3.05, 3.63) is 51.6 Å². The molecule has 3 heterocycles. The van der Waals surface area contributed by atoms with Gasteiger partial charge in [-0.25, -0.2) is 9.18 Å². The highest BCUT2D eigenvalue weighted by Crippen LogP contribution is 2.37. The zero-order valence-electron chi connectivity index (χ0n) is 15.6. The van der Waals surface area contributed by atoms with Gasteiger partial charge >= 0.3 is 6.03 Å². The van der Waals surface area contributed by atoms with E-state index >= 15 is 0 Å². The van der Waals surface area contributed by atoms with Gasteiger partial charge in [-0.1, -0.05) is 0 Å². The Labute approximate surface area is 167 Å². The van der Waals surface area contributed by atoms with Crippen LogP contribution in [0.1, 0.15) is 30.2 Å². The summed E-state index contributed by atoms with van der Waals surface area (Å²) in [7, 11) is 0. The normalized spacial score (nSPS) is 19.4. The number of halogens is 1. The summed E-state index contributed by atoms with van der Waals surface area (Å²) in [6, 6.07) is 5.97. The lowest BCUT2D eigenvalue weighted by atomic mass is 10.1. The molecular formula is C20H23FN4O2S. The molecule has 148 valence electrons. The van der Waals surface area contributed by atoms with Gasteiger partial charge in [0.15, 0.2) is 0 Å². The number of benzene rings is 1. The second-order valence-corrected chi connectivity index (χ2v) is 7.99. The minimum absolute atomic E-state index is 0.00337. The van der Waals surface area contributed by atoms with Crippen LogP contribution in [0.25, 0.3) is 5.70 Å². The number of nitrogens with two attached hydrogens (primary N) is 1. The fourth-order valence-electron chi connectivity index (χ4n) is 3.61.